The van der Waals surface area contributed by atoms with Crippen LogP contribution in [0.25, 0.3) is 0 Å². The number of para-hydroxylation sites is 1. The van der Waals surface area contributed by atoms with Gasteiger partial charge in [0.25, 0.3) is 5.91 Å². The van der Waals surface area contributed by atoms with E-state index in [0.717, 1.165) is 11.3 Å². The molecule has 0 aliphatic carbocycles. The molecule has 1 aromatic heterocycles. The van der Waals surface area contributed by atoms with Crippen molar-refractivity contribution in [2.75, 3.05) is 27.4 Å². The predicted molar refractivity (Wildman–Crippen MR) is 118 cm³/mol. The first-order valence-electron chi connectivity index (χ1n) is 10.2. The first-order chi connectivity index (χ1) is 15.1. The van der Waals surface area contributed by atoms with Gasteiger partial charge in [0, 0.05) is 31.8 Å². The van der Waals surface area contributed by atoms with Crippen LogP contribution in [0.3, 0.4) is 0 Å². The molecule has 164 valence electrons. The Hall–Kier alpha value is -3.16. The number of hydrogen-bond acceptors (Lipinski definition) is 6. The molecule has 2 aromatic carbocycles. The van der Waals surface area contributed by atoms with Crippen molar-refractivity contribution in [2.45, 2.75) is 26.1 Å². The lowest BCUT2D eigenvalue weighted by Crippen LogP contribution is -2.28. The van der Waals surface area contributed by atoms with Crippen molar-refractivity contribution in [3.63, 3.8) is 0 Å². The van der Waals surface area contributed by atoms with Gasteiger partial charge in [-0.05, 0) is 18.6 Å². The van der Waals surface area contributed by atoms with Gasteiger partial charge in [0.05, 0.1) is 20.3 Å². The second kappa shape index (κ2) is 11.3. The number of carbonyl (C=O) groups excluding carboxylic acids is 1. The van der Waals surface area contributed by atoms with Crippen LogP contribution in [0.4, 0.5) is 0 Å². The van der Waals surface area contributed by atoms with Gasteiger partial charge in [-0.25, -0.2) is 4.98 Å². The number of hydrogen-bond donors (Lipinski definition) is 1. The molecule has 0 spiro atoms. The van der Waals surface area contributed by atoms with E-state index in [2.05, 4.69) is 34.3 Å². The molecule has 1 atom stereocenters. The normalized spacial score (nSPS) is 12.0. The molecule has 7 heteroatoms. The van der Waals surface area contributed by atoms with Gasteiger partial charge in [-0.2, -0.15) is 0 Å². The first kappa shape index (κ1) is 22.5. The Morgan fingerprint density at radius 1 is 1.10 bits per heavy atom. The lowest BCUT2D eigenvalue weighted by Gasteiger charge is -2.29. The maximum atomic E-state index is 12.2. The molecule has 7 nitrogen and oxygen atoms in total. The SMILES string of the molecule is COCCNC(=O)c1coc(CN(Cc2ccccc2OC)[C@H](C)c2ccccc2)n1. The topological polar surface area (TPSA) is 76.8 Å². The zero-order valence-corrected chi connectivity index (χ0v) is 18.2. The average molecular weight is 424 g/mol. The monoisotopic (exact) mass is 423 g/mol. The number of nitrogens with zero attached hydrogens (tertiary/aromatic N) is 2. The second-order valence-electron chi connectivity index (χ2n) is 7.18. The van der Waals surface area contributed by atoms with Gasteiger partial charge in [-0.15, -0.1) is 0 Å². The van der Waals surface area contributed by atoms with Crippen LogP contribution in [0.15, 0.2) is 65.3 Å². The van der Waals surface area contributed by atoms with Gasteiger partial charge in [0.15, 0.2) is 5.69 Å². The van der Waals surface area contributed by atoms with E-state index in [9.17, 15) is 4.79 Å². The predicted octanol–water partition coefficient (Wildman–Crippen LogP) is 3.82. The number of nitrogens with one attached hydrogen (secondary N) is 1. The average Bonchev–Trinajstić information content (AvgIpc) is 3.28. The molecule has 3 rings (SSSR count). The van der Waals surface area contributed by atoms with Crippen LogP contribution in [0.1, 0.15) is 40.5 Å². The third-order valence-corrected chi connectivity index (χ3v) is 5.11. The molecule has 1 heterocycles. The smallest absolute Gasteiger partial charge is 0.273 e. The Bertz CT molecular complexity index is 958. The highest BCUT2D eigenvalue weighted by Gasteiger charge is 2.21. The second-order valence-corrected chi connectivity index (χ2v) is 7.18. The zero-order chi connectivity index (χ0) is 22.1. The number of rotatable bonds is 11. The van der Waals surface area contributed by atoms with Crippen LogP contribution in [0, 0.1) is 0 Å². The molecule has 0 fully saturated rings. The van der Waals surface area contributed by atoms with E-state index in [-0.39, 0.29) is 17.6 Å². The van der Waals surface area contributed by atoms with E-state index in [1.54, 1.807) is 14.2 Å². The van der Waals surface area contributed by atoms with E-state index in [4.69, 9.17) is 13.9 Å². The summed E-state index contributed by atoms with van der Waals surface area (Å²) in [6, 6.07) is 18.3. The van der Waals surface area contributed by atoms with Crippen LogP contribution in [0.5, 0.6) is 5.75 Å². The molecule has 1 N–H and O–H groups in total. The Morgan fingerprint density at radius 2 is 1.84 bits per heavy atom. The minimum absolute atomic E-state index is 0.0944. The molecule has 0 aliphatic rings. The fourth-order valence-corrected chi connectivity index (χ4v) is 3.34. The van der Waals surface area contributed by atoms with Crippen molar-refractivity contribution in [3.05, 3.63) is 83.6 Å². The van der Waals surface area contributed by atoms with Crippen molar-refractivity contribution in [1.29, 1.82) is 0 Å². The van der Waals surface area contributed by atoms with E-state index < -0.39 is 0 Å². The fourth-order valence-electron chi connectivity index (χ4n) is 3.34. The summed E-state index contributed by atoms with van der Waals surface area (Å²) in [5.74, 6) is 1.03. The minimum Gasteiger partial charge on any atom is -0.496 e. The summed E-state index contributed by atoms with van der Waals surface area (Å²) in [5, 5.41) is 2.75. The number of amides is 1. The Morgan fingerprint density at radius 3 is 2.58 bits per heavy atom. The molecule has 31 heavy (non-hydrogen) atoms. The van der Waals surface area contributed by atoms with Crippen LogP contribution in [0.2, 0.25) is 0 Å². The maximum absolute atomic E-state index is 12.2. The zero-order valence-electron chi connectivity index (χ0n) is 18.2. The Balaban J connectivity index is 1.79. The molecule has 0 saturated carbocycles. The lowest BCUT2D eigenvalue weighted by molar-refractivity contribution is 0.0932. The van der Waals surface area contributed by atoms with E-state index in [0.29, 0.717) is 32.1 Å². The molecular formula is C24H29N3O4. The van der Waals surface area contributed by atoms with E-state index in [1.807, 2.05) is 42.5 Å². The summed E-state index contributed by atoms with van der Waals surface area (Å²) < 4.78 is 16.1. The summed E-state index contributed by atoms with van der Waals surface area (Å²) in [7, 11) is 3.26. The fraction of sp³-hybridized carbons (Fsp3) is 0.333. The van der Waals surface area contributed by atoms with Crippen molar-refractivity contribution in [1.82, 2.24) is 15.2 Å². The molecule has 3 aromatic rings. The first-order valence-corrected chi connectivity index (χ1v) is 10.2. The van der Waals surface area contributed by atoms with Gasteiger partial charge in [-0.1, -0.05) is 48.5 Å². The van der Waals surface area contributed by atoms with Crippen LogP contribution in [-0.2, 0) is 17.8 Å². The number of ether oxygens (including phenoxy) is 2. The highest BCUT2D eigenvalue weighted by Crippen LogP contribution is 2.27. The number of oxazole rings is 1. The van der Waals surface area contributed by atoms with Crippen molar-refractivity contribution in [2.24, 2.45) is 0 Å². The molecular weight excluding hydrogens is 394 g/mol. The van der Waals surface area contributed by atoms with Gasteiger partial charge in [0.2, 0.25) is 5.89 Å². The van der Waals surface area contributed by atoms with Crippen LogP contribution < -0.4 is 10.1 Å². The van der Waals surface area contributed by atoms with E-state index in [1.165, 1.54) is 11.8 Å². The molecule has 0 saturated heterocycles. The highest BCUT2D eigenvalue weighted by atomic mass is 16.5. The summed E-state index contributed by atoms with van der Waals surface area (Å²) in [6.07, 6.45) is 1.39. The summed E-state index contributed by atoms with van der Waals surface area (Å²) in [6.45, 7) is 4.09. The van der Waals surface area contributed by atoms with Gasteiger partial charge >= 0.3 is 0 Å². The van der Waals surface area contributed by atoms with Crippen LogP contribution >= 0.6 is 0 Å². The van der Waals surface area contributed by atoms with Crippen molar-refractivity contribution in [3.8, 4) is 5.75 Å². The van der Waals surface area contributed by atoms with Crippen LogP contribution in [-0.4, -0.2) is 43.2 Å². The number of carbonyl (C=O) groups is 1. The third kappa shape index (κ3) is 6.16. The molecule has 0 radical (unpaired) electrons. The summed E-state index contributed by atoms with van der Waals surface area (Å²) in [4.78, 5) is 18.9. The number of benzene rings is 2. The van der Waals surface area contributed by atoms with Crippen molar-refractivity contribution < 1.29 is 18.7 Å². The molecule has 0 unspecified atom stereocenters. The van der Waals surface area contributed by atoms with Crippen molar-refractivity contribution >= 4 is 5.91 Å². The Kier molecular flexibility index (Phi) is 8.20. The minimum atomic E-state index is -0.278. The number of aromatic nitrogens is 1. The summed E-state index contributed by atoms with van der Waals surface area (Å²) >= 11 is 0. The van der Waals surface area contributed by atoms with Gasteiger partial charge in [-0.3, -0.25) is 9.69 Å². The largest absolute Gasteiger partial charge is 0.496 e. The van der Waals surface area contributed by atoms with E-state index >= 15 is 0 Å². The van der Waals surface area contributed by atoms with Gasteiger partial charge < -0.3 is 19.2 Å². The molecule has 0 bridgehead atoms. The lowest BCUT2D eigenvalue weighted by atomic mass is 10.1. The molecule has 0 aliphatic heterocycles. The molecule has 1 amide bonds. The third-order valence-electron chi connectivity index (χ3n) is 5.11. The highest BCUT2D eigenvalue weighted by molar-refractivity contribution is 5.91. The standard InChI is InChI=1S/C24H29N3O4/c1-18(19-9-5-4-6-10-19)27(15-20-11-7-8-12-22(20)30-3)16-23-26-21(17-31-23)24(28)25-13-14-29-2/h4-12,17-18H,13-16H2,1-3H3,(H,25,28)/t18-/m1/s1. The summed E-state index contributed by atoms with van der Waals surface area (Å²) in [5.41, 5.74) is 2.51. The quantitative estimate of drug-likeness (QED) is 0.473. The van der Waals surface area contributed by atoms with Gasteiger partial charge in [0.1, 0.15) is 12.0 Å². The maximum Gasteiger partial charge on any atom is 0.273 e. The Labute approximate surface area is 183 Å². The number of methoxy groups -OCH3 is 2.